The third kappa shape index (κ3) is 2.74. The van der Waals surface area contributed by atoms with Crippen LogP contribution in [0.15, 0.2) is 35.5 Å². The lowest BCUT2D eigenvalue weighted by Crippen LogP contribution is -2.24. The molecule has 2 rings (SSSR count). The van der Waals surface area contributed by atoms with Gasteiger partial charge in [-0.2, -0.15) is 18.3 Å². The van der Waals surface area contributed by atoms with Crippen molar-refractivity contribution in [3.63, 3.8) is 0 Å². The molecular formula is C10H9F3N4O2S. The number of halogens is 3. The Morgan fingerprint density at radius 2 is 1.95 bits per heavy atom. The van der Waals surface area contributed by atoms with Crippen LogP contribution in [0.25, 0.3) is 0 Å². The molecule has 0 amide bonds. The Morgan fingerprint density at radius 1 is 1.25 bits per heavy atom. The molecule has 0 saturated heterocycles. The summed E-state index contributed by atoms with van der Waals surface area (Å²) in [5.41, 5.74) is -5.50. The lowest BCUT2D eigenvalue weighted by Gasteiger charge is -2.13. The molecular weight excluding hydrogens is 297 g/mol. The number of para-hydroxylation sites is 1. The molecule has 1 heterocycles. The molecule has 2 aromatic rings. The second-order valence-electron chi connectivity index (χ2n) is 3.73. The number of aromatic nitrogens is 3. The third-order valence-electron chi connectivity index (χ3n) is 2.39. The topological polar surface area (TPSA) is 87.7 Å². The highest BCUT2D eigenvalue weighted by Crippen LogP contribution is 2.34. The van der Waals surface area contributed by atoms with Crippen LogP contribution in [0.5, 0.6) is 0 Å². The van der Waals surface area contributed by atoms with Gasteiger partial charge in [0.1, 0.15) is 12.2 Å². The Balaban J connectivity index is 2.32. The minimum absolute atomic E-state index is 0.0182. The normalized spacial score (nSPS) is 12.3. The van der Waals surface area contributed by atoms with E-state index in [-0.39, 0.29) is 12.2 Å². The summed E-state index contributed by atoms with van der Waals surface area (Å²) in [7, 11) is -5.41. The van der Waals surface area contributed by atoms with Crippen molar-refractivity contribution >= 4 is 15.5 Å². The average molecular weight is 306 g/mol. The summed E-state index contributed by atoms with van der Waals surface area (Å²) in [6.45, 7) is 0.0182. The number of alkyl halides is 3. The second kappa shape index (κ2) is 5.12. The minimum Gasteiger partial charge on any atom is -0.377 e. The van der Waals surface area contributed by atoms with Crippen LogP contribution in [-0.4, -0.2) is 29.1 Å². The Hall–Kier alpha value is -2.10. The predicted octanol–water partition coefficient (Wildman–Crippen LogP) is 1.71. The van der Waals surface area contributed by atoms with Gasteiger partial charge in [-0.15, -0.1) is 0 Å². The van der Waals surface area contributed by atoms with E-state index >= 15 is 0 Å². The first-order valence-corrected chi connectivity index (χ1v) is 6.79. The summed E-state index contributed by atoms with van der Waals surface area (Å²) in [5.74, 6) is 0.365. The van der Waals surface area contributed by atoms with Gasteiger partial charge in [0.25, 0.3) is 9.84 Å². The Morgan fingerprint density at radius 3 is 2.55 bits per heavy atom. The lowest BCUT2D eigenvalue weighted by molar-refractivity contribution is -0.0435. The molecule has 0 unspecified atom stereocenters. The minimum atomic E-state index is -5.41. The molecule has 1 aromatic carbocycles. The van der Waals surface area contributed by atoms with Gasteiger partial charge in [0.15, 0.2) is 0 Å². The van der Waals surface area contributed by atoms with Crippen LogP contribution < -0.4 is 5.32 Å². The fraction of sp³-hybridized carbons (Fsp3) is 0.200. The zero-order valence-electron chi connectivity index (χ0n) is 9.85. The van der Waals surface area contributed by atoms with Crippen LogP contribution in [0.4, 0.5) is 18.9 Å². The van der Waals surface area contributed by atoms with Gasteiger partial charge in [-0.25, -0.2) is 13.4 Å². The summed E-state index contributed by atoms with van der Waals surface area (Å²) >= 11 is 0. The average Bonchev–Trinajstić information content (AvgIpc) is 2.88. The first-order valence-electron chi connectivity index (χ1n) is 5.31. The molecule has 0 fully saturated rings. The molecule has 0 spiro atoms. The molecule has 0 aliphatic carbocycles. The van der Waals surface area contributed by atoms with Crippen molar-refractivity contribution < 1.29 is 21.6 Å². The van der Waals surface area contributed by atoms with E-state index in [1.54, 1.807) is 0 Å². The molecule has 0 aliphatic rings. The highest BCUT2D eigenvalue weighted by atomic mass is 32.2. The van der Waals surface area contributed by atoms with E-state index in [0.29, 0.717) is 5.82 Å². The molecule has 0 atom stereocenters. The van der Waals surface area contributed by atoms with Crippen molar-refractivity contribution in [3.05, 3.63) is 36.4 Å². The second-order valence-corrected chi connectivity index (χ2v) is 5.64. The number of benzene rings is 1. The Labute approximate surface area is 112 Å². The fourth-order valence-electron chi connectivity index (χ4n) is 1.47. The predicted molar refractivity (Wildman–Crippen MR) is 63.4 cm³/mol. The number of H-pyrrole nitrogens is 1. The van der Waals surface area contributed by atoms with Gasteiger partial charge in [0.2, 0.25) is 0 Å². The van der Waals surface area contributed by atoms with Gasteiger partial charge in [0, 0.05) is 0 Å². The number of nitrogens with zero attached hydrogens (tertiary/aromatic N) is 2. The van der Waals surface area contributed by atoms with Crippen LogP contribution in [0, 0.1) is 0 Å². The number of hydrogen-bond acceptors (Lipinski definition) is 5. The number of nitrogens with one attached hydrogen (secondary N) is 2. The van der Waals surface area contributed by atoms with E-state index in [1.807, 2.05) is 0 Å². The van der Waals surface area contributed by atoms with Crippen LogP contribution in [0.2, 0.25) is 0 Å². The maximum absolute atomic E-state index is 12.6. The molecule has 0 aliphatic heterocycles. The van der Waals surface area contributed by atoms with Crippen LogP contribution in [0.3, 0.4) is 0 Å². The quantitative estimate of drug-likeness (QED) is 0.898. The molecule has 0 radical (unpaired) electrons. The van der Waals surface area contributed by atoms with Crippen molar-refractivity contribution in [3.8, 4) is 0 Å². The van der Waals surface area contributed by atoms with E-state index in [4.69, 9.17) is 0 Å². The van der Waals surface area contributed by atoms with Crippen LogP contribution >= 0.6 is 0 Å². The molecule has 6 nitrogen and oxygen atoms in total. The highest BCUT2D eigenvalue weighted by molar-refractivity contribution is 7.92. The molecule has 20 heavy (non-hydrogen) atoms. The lowest BCUT2D eigenvalue weighted by atomic mass is 10.3. The Kier molecular flexibility index (Phi) is 3.66. The molecule has 2 N–H and O–H groups in total. The van der Waals surface area contributed by atoms with Gasteiger partial charge in [-0.05, 0) is 12.1 Å². The molecule has 0 bridgehead atoms. The largest absolute Gasteiger partial charge is 0.501 e. The fourth-order valence-corrected chi connectivity index (χ4v) is 2.40. The van der Waals surface area contributed by atoms with E-state index < -0.39 is 20.2 Å². The number of hydrogen-bond donors (Lipinski definition) is 2. The monoisotopic (exact) mass is 306 g/mol. The molecule has 1 aromatic heterocycles. The van der Waals surface area contributed by atoms with E-state index in [0.717, 1.165) is 6.07 Å². The van der Waals surface area contributed by atoms with Gasteiger partial charge in [-0.3, -0.25) is 5.10 Å². The van der Waals surface area contributed by atoms with Gasteiger partial charge in [-0.1, -0.05) is 12.1 Å². The van der Waals surface area contributed by atoms with Crippen molar-refractivity contribution in [2.75, 3.05) is 5.32 Å². The maximum atomic E-state index is 12.6. The first kappa shape index (κ1) is 14.3. The maximum Gasteiger partial charge on any atom is 0.501 e. The number of sulfone groups is 1. The van der Waals surface area contributed by atoms with E-state index in [2.05, 4.69) is 20.5 Å². The van der Waals surface area contributed by atoms with Crippen LogP contribution in [0.1, 0.15) is 5.82 Å². The van der Waals surface area contributed by atoms with Crippen molar-refractivity contribution in [1.29, 1.82) is 0 Å². The molecule has 10 heteroatoms. The third-order valence-corrected chi connectivity index (χ3v) is 3.94. The highest BCUT2D eigenvalue weighted by Gasteiger charge is 2.47. The molecule has 0 saturated carbocycles. The van der Waals surface area contributed by atoms with Crippen LogP contribution in [-0.2, 0) is 16.4 Å². The summed E-state index contributed by atoms with van der Waals surface area (Å²) in [6.07, 6.45) is 1.23. The van der Waals surface area contributed by atoms with E-state index in [9.17, 15) is 21.6 Å². The Bertz CT molecular complexity index is 683. The SMILES string of the molecule is O=S(=O)(c1ccccc1NCc1ncn[nH]1)C(F)(F)F. The summed E-state index contributed by atoms with van der Waals surface area (Å²) in [4.78, 5) is 2.94. The number of aromatic amines is 1. The number of rotatable bonds is 4. The van der Waals surface area contributed by atoms with Gasteiger partial charge >= 0.3 is 5.51 Å². The number of anilines is 1. The van der Waals surface area contributed by atoms with Crippen molar-refractivity contribution in [1.82, 2.24) is 15.2 Å². The summed E-state index contributed by atoms with van der Waals surface area (Å²) in [6, 6.07) is 4.79. The zero-order chi connectivity index (χ0) is 14.8. The van der Waals surface area contributed by atoms with Gasteiger partial charge in [0.05, 0.1) is 17.1 Å². The molecule has 108 valence electrons. The van der Waals surface area contributed by atoms with Crippen molar-refractivity contribution in [2.24, 2.45) is 0 Å². The van der Waals surface area contributed by atoms with Gasteiger partial charge < -0.3 is 5.32 Å². The smallest absolute Gasteiger partial charge is 0.377 e. The summed E-state index contributed by atoms with van der Waals surface area (Å²) < 4.78 is 60.6. The standard InChI is InChI=1S/C10H9F3N4O2S/c11-10(12,13)20(18,19)8-4-2-1-3-7(8)14-5-9-15-6-16-17-9/h1-4,6,14H,5H2,(H,15,16,17). The summed E-state index contributed by atoms with van der Waals surface area (Å²) in [5, 5.41) is 8.65. The first-order chi connectivity index (χ1) is 9.32. The van der Waals surface area contributed by atoms with Crippen molar-refractivity contribution in [2.45, 2.75) is 16.9 Å². The van der Waals surface area contributed by atoms with E-state index in [1.165, 1.54) is 24.5 Å². The zero-order valence-corrected chi connectivity index (χ0v) is 10.7.